The predicted octanol–water partition coefficient (Wildman–Crippen LogP) is 4.86. The average Bonchev–Trinajstić information content (AvgIpc) is 2.80. The number of benzene rings is 3. The first-order chi connectivity index (χ1) is 15.1. The number of carbonyl (C=O) groups excluding carboxylic acids is 2. The highest BCUT2D eigenvalue weighted by molar-refractivity contribution is 8.15. The molecular weight excluding hydrogens is 410 g/mol. The van der Waals surface area contributed by atoms with Gasteiger partial charge in [-0.1, -0.05) is 48.2 Å². The fourth-order valence-corrected chi connectivity index (χ4v) is 4.26. The Hall–Kier alpha value is -3.58. The van der Waals surface area contributed by atoms with E-state index in [1.54, 1.807) is 36.3 Å². The molecule has 1 saturated heterocycles. The van der Waals surface area contributed by atoms with E-state index in [0.717, 1.165) is 11.4 Å². The van der Waals surface area contributed by atoms with Gasteiger partial charge in [0.25, 0.3) is 0 Å². The molecule has 0 aliphatic carbocycles. The Bertz CT molecular complexity index is 1090. The van der Waals surface area contributed by atoms with Crippen molar-refractivity contribution in [1.82, 2.24) is 0 Å². The van der Waals surface area contributed by atoms with E-state index < -0.39 is 5.25 Å². The second kappa shape index (κ2) is 9.49. The molecule has 0 unspecified atom stereocenters. The number of nitrogens with zero attached hydrogens (tertiary/aromatic N) is 2. The average molecular weight is 432 g/mol. The molecule has 0 bridgehead atoms. The van der Waals surface area contributed by atoms with Crippen LogP contribution in [0.3, 0.4) is 0 Å². The van der Waals surface area contributed by atoms with E-state index in [-0.39, 0.29) is 18.2 Å². The molecule has 31 heavy (non-hydrogen) atoms. The molecule has 1 N–H and O–H groups in total. The van der Waals surface area contributed by atoms with Crippen molar-refractivity contribution in [3.63, 3.8) is 0 Å². The van der Waals surface area contributed by atoms with Crippen LogP contribution in [0.2, 0.25) is 0 Å². The number of anilines is 2. The summed E-state index contributed by atoms with van der Waals surface area (Å²) in [5, 5.41) is 2.77. The number of methoxy groups -OCH3 is 1. The number of aliphatic imine (C=N–C) groups is 1. The summed E-state index contributed by atoms with van der Waals surface area (Å²) in [5.41, 5.74) is 2.09. The summed E-state index contributed by atoms with van der Waals surface area (Å²) in [4.78, 5) is 32.3. The lowest BCUT2D eigenvalue weighted by atomic mass is 10.2. The van der Waals surface area contributed by atoms with Gasteiger partial charge in [0.2, 0.25) is 11.8 Å². The Kier molecular flexibility index (Phi) is 6.33. The maximum absolute atomic E-state index is 13.1. The number of thioether (sulfide) groups is 1. The lowest BCUT2D eigenvalue weighted by Gasteiger charge is -2.31. The maximum atomic E-state index is 13.1. The number of hydrogen-bond donors (Lipinski definition) is 1. The van der Waals surface area contributed by atoms with Crippen LogP contribution in [0.1, 0.15) is 6.42 Å². The van der Waals surface area contributed by atoms with Crippen LogP contribution in [0, 0.1) is 0 Å². The Morgan fingerprint density at radius 3 is 2.29 bits per heavy atom. The summed E-state index contributed by atoms with van der Waals surface area (Å²) >= 11 is 1.29. The highest BCUT2D eigenvalue weighted by Gasteiger charge is 2.36. The molecule has 7 heteroatoms. The molecule has 0 saturated carbocycles. The Balaban J connectivity index is 1.60. The lowest BCUT2D eigenvalue weighted by Crippen LogP contribution is -2.45. The topological polar surface area (TPSA) is 71.0 Å². The van der Waals surface area contributed by atoms with Gasteiger partial charge in [-0.3, -0.25) is 14.5 Å². The summed E-state index contributed by atoms with van der Waals surface area (Å²) in [6.07, 6.45) is 0.0787. The highest BCUT2D eigenvalue weighted by Crippen LogP contribution is 2.33. The van der Waals surface area contributed by atoms with Gasteiger partial charge in [-0.05, 0) is 48.5 Å². The lowest BCUT2D eigenvalue weighted by molar-refractivity contribution is -0.121. The molecule has 4 rings (SSSR count). The monoisotopic (exact) mass is 431 g/mol. The zero-order chi connectivity index (χ0) is 21.6. The van der Waals surface area contributed by atoms with E-state index in [0.29, 0.717) is 16.6 Å². The minimum absolute atomic E-state index is 0.0787. The SMILES string of the molecule is COc1ccc(NC(=O)[C@H]2CC(=O)N(c3ccccc3)C(=Nc3ccccc3)S2)cc1. The van der Waals surface area contributed by atoms with E-state index in [1.807, 2.05) is 60.7 Å². The summed E-state index contributed by atoms with van der Waals surface area (Å²) in [7, 11) is 1.59. The van der Waals surface area contributed by atoms with Gasteiger partial charge in [0.1, 0.15) is 11.0 Å². The van der Waals surface area contributed by atoms with Crippen molar-refractivity contribution in [2.45, 2.75) is 11.7 Å². The zero-order valence-electron chi connectivity index (χ0n) is 16.9. The molecule has 3 aromatic carbocycles. The molecule has 0 radical (unpaired) electrons. The third-order valence-corrected chi connectivity index (χ3v) is 5.84. The second-order valence-electron chi connectivity index (χ2n) is 6.82. The van der Waals surface area contributed by atoms with Crippen molar-refractivity contribution in [3.8, 4) is 5.75 Å². The molecule has 0 spiro atoms. The van der Waals surface area contributed by atoms with Crippen molar-refractivity contribution in [2.24, 2.45) is 4.99 Å². The molecule has 2 amide bonds. The van der Waals surface area contributed by atoms with Crippen molar-refractivity contribution in [1.29, 1.82) is 0 Å². The third-order valence-electron chi connectivity index (χ3n) is 4.69. The second-order valence-corrected chi connectivity index (χ2v) is 7.99. The van der Waals surface area contributed by atoms with Crippen LogP contribution in [0.5, 0.6) is 5.75 Å². The fraction of sp³-hybridized carbons (Fsp3) is 0.125. The molecule has 1 atom stereocenters. The molecular formula is C24H21N3O3S. The molecule has 1 aliphatic rings. The fourth-order valence-electron chi connectivity index (χ4n) is 3.14. The highest BCUT2D eigenvalue weighted by atomic mass is 32.2. The number of ether oxygens (including phenoxy) is 1. The van der Waals surface area contributed by atoms with Gasteiger partial charge < -0.3 is 10.1 Å². The summed E-state index contributed by atoms with van der Waals surface area (Å²) < 4.78 is 5.15. The minimum Gasteiger partial charge on any atom is -0.497 e. The predicted molar refractivity (Wildman–Crippen MR) is 125 cm³/mol. The first-order valence-corrected chi connectivity index (χ1v) is 10.7. The molecule has 156 valence electrons. The normalized spacial score (nSPS) is 17.5. The van der Waals surface area contributed by atoms with Gasteiger partial charge in [0, 0.05) is 12.1 Å². The molecule has 1 heterocycles. The number of amidine groups is 1. The molecule has 1 aliphatic heterocycles. The van der Waals surface area contributed by atoms with Crippen LogP contribution in [0.25, 0.3) is 0 Å². The maximum Gasteiger partial charge on any atom is 0.238 e. The summed E-state index contributed by atoms with van der Waals surface area (Å²) in [6, 6.07) is 25.8. The van der Waals surface area contributed by atoms with Crippen molar-refractivity contribution in [3.05, 3.63) is 84.9 Å². The van der Waals surface area contributed by atoms with Gasteiger partial charge in [0.15, 0.2) is 5.17 Å². The van der Waals surface area contributed by atoms with E-state index in [1.165, 1.54) is 11.8 Å². The van der Waals surface area contributed by atoms with Crippen LogP contribution < -0.4 is 15.0 Å². The standard InChI is InChI=1S/C24H21N3O3S/c1-30-20-14-12-18(13-15-20)25-23(29)21-16-22(28)27(19-10-6-3-7-11-19)24(31-21)26-17-8-4-2-5-9-17/h2-15,21H,16H2,1H3,(H,25,29)/t21-/m1/s1. The smallest absolute Gasteiger partial charge is 0.238 e. The van der Waals surface area contributed by atoms with Gasteiger partial charge in [-0.15, -0.1) is 0 Å². The number of nitrogens with one attached hydrogen (secondary N) is 1. The van der Waals surface area contributed by atoms with Gasteiger partial charge in [0.05, 0.1) is 18.5 Å². The Morgan fingerprint density at radius 1 is 1.00 bits per heavy atom. The van der Waals surface area contributed by atoms with Crippen LogP contribution in [-0.4, -0.2) is 29.3 Å². The number of rotatable bonds is 5. The molecule has 1 fully saturated rings. The van der Waals surface area contributed by atoms with E-state index in [2.05, 4.69) is 10.3 Å². The number of hydrogen-bond acceptors (Lipinski definition) is 5. The van der Waals surface area contributed by atoms with Crippen LogP contribution in [0.4, 0.5) is 17.1 Å². The Morgan fingerprint density at radius 2 is 1.65 bits per heavy atom. The quantitative estimate of drug-likeness (QED) is 0.626. The molecule has 3 aromatic rings. The first kappa shape index (κ1) is 20.7. The number of carbonyl (C=O) groups is 2. The van der Waals surface area contributed by atoms with Crippen LogP contribution in [-0.2, 0) is 9.59 Å². The van der Waals surface area contributed by atoms with Gasteiger partial charge in [-0.25, -0.2) is 4.99 Å². The van der Waals surface area contributed by atoms with Crippen molar-refractivity contribution < 1.29 is 14.3 Å². The third kappa shape index (κ3) is 4.95. The van der Waals surface area contributed by atoms with Crippen molar-refractivity contribution in [2.75, 3.05) is 17.3 Å². The summed E-state index contributed by atoms with van der Waals surface area (Å²) in [5.74, 6) is 0.294. The molecule has 6 nitrogen and oxygen atoms in total. The van der Waals surface area contributed by atoms with Crippen molar-refractivity contribution >= 4 is 45.8 Å². The number of para-hydroxylation sites is 2. The van der Waals surface area contributed by atoms with Gasteiger partial charge >= 0.3 is 0 Å². The van der Waals surface area contributed by atoms with Gasteiger partial charge in [-0.2, -0.15) is 0 Å². The number of amides is 2. The largest absolute Gasteiger partial charge is 0.497 e. The first-order valence-electron chi connectivity index (χ1n) is 9.77. The van der Waals surface area contributed by atoms with Crippen LogP contribution >= 0.6 is 11.8 Å². The molecule has 0 aromatic heterocycles. The summed E-state index contributed by atoms with van der Waals surface area (Å²) in [6.45, 7) is 0. The Labute approximate surface area is 184 Å². The van der Waals surface area contributed by atoms with E-state index in [4.69, 9.17) is 4.74 Å². The minimum atomic E-state index is -0.586. The van der Waals surface area contributed by atoms with E-state index in [9.17, 15) is 9.59 Å². The van der Waals surface area contributed by atoms with E-state index >= 15 is 0 Å². The van der Waals surface area contributed by atoms with Crippen LogP contribution in [0.15, 0.2) is 89.9 Å². The zero-order valence-corrected chi connectivity index (χ0v) is 17.7.